The molecule has 1 heterocycles. The van der Waals surface area contributed by atoms with Crippen LogP contribution in [0.15, 0.2) is 0 Å². The van der Waals surface area contributed by atoms with Gasteiger partial charge in [-0.05, 0) is 57.7 Å². The number of likely N-dealkylation sites (tertiary alicyclic amines) is 1. The molecule has 1 aliphatic heterocycles. The van der Waals surface area contributed by atoms with Gasteiger partial charge in [-0.15, -0.1) is 0 Å². The first-order valence-corrected chi connectivity index (χ1v) is 8.24. The number of primary amides is 1. The van der Waals surface area contributed by atoms with Crippen molar-refractivity contribution in [3.63, 3.8) is 0 Å². The van der Waals surface area contributed by atoms with Crippen molar-refractivity contribution in [3.8, 4) is 0 Å². The number of likely N-dealkylation sites (N-methyl/N-ethyl adjacent to an activating group) is 1. The Hall–Kier alpha value is -0.610. The fourth-order valence-corrected chi connectivity index (χ4v) is 4.23. The van der Waals surface area contributed by atoms with Crippen LogP contribution in [0, 0.1) is 5.41 Å². The average molecular weight is 281 g/mol. The van der Waals surface area contributed by atoms with Gasteiger partial charge >= 0.3 is 0 Å². The number of amides is 1. The van der Waals surface area contributed by atoms with Gasteiger partial charge in [-0.1, -0.05) is 26.7 Å². The van der Waals surface area contributed by atoms with E-state index in [1.807, 2.05) is 7.05 Å². The molecule has 1 amide bonds. The van der Waals surface area contributed by atoms with Crippen molar-refractivity contribution in [2.24, 2.45) is 11.1 Å². The van der Waals surface area contributed by atoms with Crippen LogP contribution in [0.3, 0.4) is 0 Å². The number of nitrogens with two attached hydrogens (primary N) is 1. The van der Waals surface area contributed by atoms with Crippen LogP contribution in [0.2, 0.25) is 0 Å². The number of carbonyl (C=O) groups is 1. The SMILES string of the molecule is CCC1(CC)CCN(C2CCC(NC)(C(N)=O)C2)CC1. The molecular weight excluding hydrogens is 250 g/mol. The summed E-state index contributed by atoms with van der Waals surface area (Å²) in [6, 6.07) is 0.529. The summed E-state index contributed by atoms with van der Waals surface area (Å²) in [5.41, 5.74) is 5.71. The van der Waals surface area contributed by atoms with Crippen molar-refractivity contribution < 1.29 is 4.79 Å². The molecule has 0 spiro atoms. The summed E-state index contributed by atoms with van der Waals surface area (Å²) in [5, 5.41) is 3.18. The lowest BCUT2D eigenvalue weighted by atomic mass is 9.74. The smallest absolute Gasteiger partial charge is 0.237 e. The summed E-state index contributed by atoms with van der Waals surface area (Å²) in [7, 11) is 1.86. The molecule has 1 aliphatic carbocycles. The van der Waals surface area contributed by atoms with E-state index in [1.165, 1.54) is 38.8 Å². The standard InChI is InChI=1S/C16H31N3O/c1-4-15(5-2)8-10-19(11-9-15)13-6-7-16(12-13,18-3)14(17)20/h13,18H,4-12H2,1-3H3,(H2,17,20). The number of piperidine rings is 1. The molecule has 0 aromatic carbocycles. The fourth-order valence-electron chi connectivity index (χ4n) is 4.23. The molecular formula is C16H31N3O. The highest BCUT2D eigenvalue weighted by Crippen LogP contribution is 2.41. The van der Waals surface area contributed by atoms with Crippen LogP contribution in [0.4, 0.5) is 0 Å². The Balaban J connectivity index is 1.94. The van der Waals surface area contributed by atoms with E-state index in [0.717, 1.165) is 19.3 Å². The van der Waals surface area contributed by atoms with Crippen LogP contribution in [0.1, 0.15) is 58.8 Å². The molecule has 4 nitrogen and oxygen atoms in total. The van der Waals surface area contributed by atoms with Gasteiger partial charge in [-0.3, -0.25) is 4.79 Å². The Morgan fingerprint density at radius 1 is 1.25 bits per heavy atom. The van der Waals surface area contributed by atoms with Gasteiger partial charge in [0.05, 0.1) is 5.54 Å². The number of nitrogens with one attached hydrogen (secondary N) is 1. The number of hydrogen-bond donors (Lipinski definition) is 2. The molecule has 2 atom stereocenters. The second kappa shape index (κ2) is 6.02. The first-order chi connectivity index (χ1) is 9.51. The van der Waals surface area contributed by atoms with E-state index in [4.69, 9.17) is 5.73 Å². The lowest BCUT2D eigenvalue weighted by Gasteiger charge is -2.43. The summed E-state index contributed by atoms with van der Waals surface area (Å²) >= 11 is 0. The van der Waals surface area contributed by atoms with Crippen molar-refractivity contribution in [1.82, 2.24) is 10.2 Å². The lowest BCUT2D eigenvalue weighted by molar-refractivity contribution is -0.124. The number of hydrogen-bond acceptors (Lipinski definition) is 3. The molecule has 1 saturated carbocycles. The molecule has 2 aliphatic rings. The van der Waals surface area contributed by atoms with Crippen molar-refractivity contribution in [2.45, 2.75) is 70.4 Å². The second-order valence-corrected chi connectivity index (χ2v) is 6.84. The van der Waals surface area contributed by atoms with Crippen LogP contribution in [-0.4, -0.2) is 42.5 Å². The quantitative estimate of drug-likeness (QED) is 0.809. The number of rotatable bonds is 5. The van der Waals surface area contributed by atoms with E-state index < -0.39 is 5.54 Å². The first kappa shape index (κ1) is 15.8. The molecule has 0 radical (unpaired) electrons. The summed E-state index contributed by atoms with van der Waals surface area (Å²) in [6.07, 6.45) is 8.05. The first-order valence-electron chi connectivity index (χ1n) is 8.24. The monoisotopic (exact) mass is 281 g/mol. The Bertz CT molecular complexity index is 344. The summed E-state index contributed by atoms with van der Waals surface area (Å²) in [6.45, 7) is 7.03. The van der Waals surface area contributed by atoms with E-state index in [0.29, 0.717) is 11.5 Å². The molecule has 4 heteroatoms. The molecule has 1 saturated heterocycles. The Labute approximate surface area is 123 Å². The predicted octanol–water partition coefficient (Wildman–Crippen LogP) is 1.88. The minimum absolute atomic E-state index is 0.184. The highest BCUT2D eigenvalue weighted by Gasteiger charge is 2.45. The van der Waals surface area contributed by atoms with Gasteiger partial charge < -0.3 is 16.0 Å². The Morgan fingerprint density at radius 2 is 1.85 bits per heavy atom. The zero-order valence-electron chi connectivity index (χ0n) is 13.4. The van der Waals surface area contributed by atoms with Crippen LogP contribution >= 0.6 is 0 Å². The third kappa shape index (κ3) is 2.73. The zero-order chi connectivity index (χ0) is 14.8. The van der Waals surface area contributed by atoms with Crippen LogP contribution in [0.25, 0.3) is 0 Å². The van der Waals surface area contributed by atoms with Crippen molar-refractivity contribution in [1.29, 1.82) is 0 Å². The number of carbonyl (C=O) groups excluding carboxylic acids is 1. The maximum atomic E-state index is 11.7. The van der Waals surface area contributed by atoms with Crippen molar-refractivity contribution >= 4 is 5.91 Å². The highest BCUT2D eigenvalue weighted by molar-refractivity contribution is 5.85. The third-order valence-corrected chi connectivity index (χ3v) is 6.31. The van der Waals surface area contributed by atoms with Gasteiger partial charge in [0.1, 0.15) is 0 Å². The van der Waals surface area contributed by atoms with Gasteiger partial charge in [0.15, 0.2) is 0 Å². The van der Waals surface area contributed by atoms with Gasteiger partial charge in [-0.2, -0.15) is 0 Å². The topological polar surface area (TPSA) is 58.4 Å². The maximum Gasteiger partial charge on any atom is 0.237 e. The molecule has 20 heavy (non-hydrogen) atoms. The Morgan fingerprint density at radius 3 is 2.25 bits per heavy atom. The molecule has 2 rings (SSSR count). The van der Waals surface area contributed by atoms with Crippen LogP contribution in [-0.2, 0) is 4.79 Å². The van der Waals surface area contributed by atoms with Crippen molar-refractivity contribution in [3.05, 3.63) is 0 Å². The summed E-state index contributed by atoms with van der Waals surface area (Å²) < 4.78 is 0. The van der Waals surface area contributed by atoms with E-state index in [9.17, 15) is 4.79 Å². The zero-order valence-corrected chi connectivity index (χ0v) is 13.4. The predicted molar refractivity (Wildman–Crippen MR) is 82.4 cm³/mol. The van der Waals surface area contributed by atoms with Crippen LogP contribution < -0.4 is 11.1 Å². The van der Waals surface area contributed by atoms with E-state index in [-0.39, 0.29) is 5.91 Å². The normalized spacial score (nSPS) is 34.2. The molecule has 0 bridgehead atoms. The third-order valence-electron chi connectivity index (χ3n) is 6.31. The van der Waals surface area contributed by atoms with E-state index in [1.54, 1.807) is 0 Å². The molecule has 2 unspecified atom stereocenters. The summed E-state index contributed by atoms with van der Waals surface area (Å²) in [4.78, 5) is 14.3. The number of nitrogens with zero attached hydrogens (tertiary/aromatic N) is 1. The molecule has 116 valence electrons. The molecule has 0 aromatic rings. The van der Waals surface area contributed by atoms with Gasteiger partial charge in [0, 0.05) is 6.04 Å². The van der Waals surface area contributed by atoms with Gasteiger partial charge in [0.25, 0.3) is 0 Å². The lowest BCUT2D eigenvalue weighted by Crippen LogP contribution is -2.53. The minimum atomic E-state index is -0.464. The minimum Gasteiger partial charge on any atom is -0.368 e. The maximum absolute atomic E-state index is 11.7. The Kier molecular flexibility index (Phi) is 4.75. The van der Waals surface area contributed by atoms with E-state index >= 15 is 0 Å². The molecule has 0 aromatic heterocycles. The largest absolute Gasteiger partial charge is 0.368 e. The molecule has 2 fully saturated rings. The van der Waals surface area contributed by atoms with Gasteiger partial charge in [-0.25, -0.2) is 0 Å². The second-order valence-electron chi connectivity index (χ2n) is 6.84. The fraction of sp³-hybridized carbons (Fsp3) is 0.938. The van der Waals surface area contributed by atoms with Crippen LogP contribution in [0.5, 0.6) is 0 Å². The highest BCUT2D eigenvalue weighted by atomic mass is 16.1. The average Bonchev–Trinajstić information content (AvgIpc) is 2.93. The van der Waals surface area contributed by atoms with Gasteiger partial charge in [0.2, 0.25) is 5.91 Å². The summed E-state index contributed by atoms with van der Waals surface area (Å²) in [5.74, 6) is -0.184. The molecule has 3 N–H and O–H groups in total. The van der Waals surface area contributed by atoms with Crippen molar-refractivity contribution in [2.75, 3.05) is 20.1 Å². The van der Waals surface area contributed by atoms with E-state index in [2.05, 4.69) is 24.1 Å².